The summed E-state index contributed by atoms with van der Waals surface area (Å²) in [6.45, 7) is 3.87. The first-order chi connectivity index (χ1) is 8.39. The lowest BCUT2D eigenvalue weighted by Gasteiger charge is -2.60. The third kappa shape index (κ3) is 1.60. The van der Waals surface area contributed by atoms with Gasteiger partial charge in [-0.15, -0.1) is 0 Å². The molecule has 0 bridgehead atoms. The van der Waals surface area contributed by atoms with Crippen molar-refractivity contribution >= 4 is 5.91 Å². The van der Waals surface area contributed by atoms with E-state index in [1.54, 1.807) is 0 Å². The second kappa shape index (κ2) is 4.45. The van der Waals surface area contributed by atoms with E-state index in [0.29, 0.717) is 6.61 Å². The molecule has 0 spiro atoms. The van der Waals surface area contributed by atoms with E-state index in [0.717, 1.165) is 6.42 Å². The molecule has 6 nitrogen and oxygen atoms in total. The molecule has 1 amide bonds. The summed E-state index contributed by atoms with van der Waals surface area (Å²) >= 11 is 0. The molecular weight excluding hydrogens is 236 g/mol. The summed E-state index contributed by atoms with van der Waals surface area (Å²) in [7, 11) is 0. The molecule has 0 aromatic rings. The SMILES string of the molecule is CC1(C)C2OCCC2C1(N)C(=O)NC(CO)CO. The first kappa shape index (κ1) is 13.7. The van der Waals surface area contributed by atoms with Gasteiger partial charge in [0.2, 0.25) is 5.91 Å². The molecule has 0 aromatic carbocycles. The molecule has 1 saturated heterocycles. The van der Waals surface area contributed by atoms with E-state index in [-0.39, 0.29) is 31.1 Å². The van der Waals surface area contributed by atoms with Crippen LogP contribution >= 0.6 is 0 Å². The normalized spacial score (nSPS) is 37.2. The van der Waals surface area contributed by atoms with Gasteiger partial charge in [-0.1, -0.05) is 13.8 Å². The van der Waals surface area contributed by atoms with Crippen molar-refractivity contribution < 1.29 is 19.7 Å². The first-order valence-electron chi connectivity index (χ1n) is 6.32. The van der Waals surface area contributed by atoms with Gasteiger partial charge < -0.3 is 26.0 Å². The van der Waals surface area contributed by atoms with Gasteiger partial charge in [0.15, 0.2) is 0 Å². The molecule has 0 radical (unpaired) electrons. The van der Waals surface area contributed by atoms with Crippen molar-refractivity contribution in [1.29, 1.82) is 0 Å². The van der Waals surface area contributed by atoms with Crippen LogP contribution in [0.2, 0.25) is 0 Å². The zero-order valence-corrected chi connectivity index (χ0v) is 10.8. The monoisotopic (exact) mass is 258 g/mol. The van der Waals surface area contributed by atoms with Crippen LogP contribution in [0.15, 0.2) is 0 Å². The average Bonchev–Trinajstić information content (AvgIpc) is 2.82. The molecule has 2 aliphatic rings. The number of fused-ring (bicyclic) bond motifs is 1. The lowest BCUT2D eigenvalue weighted by atomic mass is 9.48. The Morgan fingerprint density at radius 2 is 2.11 bits per heavy atom. The smallest absolute Gasteiger partial charge is 0.241 e. The molecule has 18 heavy (non-hydrogen) atoms. The molecular formula is C12H22N2O4. The zero-order valence-electron chi connectivity index (χ0n) is 10.8. The predicted molar refractivity (Wildman–Crippen MR) is 64.6 cm³/mol. The molecule has 104 valence electrons. The largest absolute Gasteiger partial charge is 0.394 e. The lowest BCUT2D eigenvalue weighted by Crippen LogP contribution is -2.80. The van der Waals surface area contributed by atoms with Crippen LogP contribution in [0.3, 0.4) is 0 Å². The number of ether oxygens (including phenoxy) is 1. The third-order valence-electron chi connectivity index (χ3n) is 4.61. The Kier molecular flexibility index (Phi) is 3.40. The number of hydrogen-bond acceptors (Lipinski definition) is 5. The summed E-state index contributed by atoms with van der Waals surface area (Å²) in [5, 5.41) is 20.6. The highest BCUT2D eigenvalue weighted by Gasteiger charge is 2.71. The van der Waals surface area contributed by atoms with Crippen molar-refractivity contribution in [2.45, 2.75) is 38.0 Å². The van der Waals surface area contributed by atoms with Crippen molar-refractivity contribution in [2.24, 2.45) is 17.1 Å². The number of nitrogens with one attached hydrogen (secondary N) is 1. The topological polar surface area (TPSA) is 105 Å². The number of amides is 1. The van der Waals surface area contributed by atoms with E-state index < -0.39 is 17.0 Å². The van der Waals surface area contributed by atoms with Crippen molar-refractivity contribution in [1.82, 2.24) is 5.32 Å². The van der Waals surface area contributed by atoms with Crippen LogP contribution in [0.5, 0.6) is 0 Å². The highest BCUT2D eigenvalue weighted by atomic mass is 16.5. The van der Waals surface area contributed by atoms with Gasteiger partial charge in [-0.3, -0.25) is 4.79 Å². The molecule has 1 heterocycles. The van der Waals surface area contributed by atoms with Crippen LogP contribution in [0.25, 0.3) is 0 Å². The second-order valence-electron chi connectivity index (χ2n) is 5.81. The Bertz CT molecular complexity index is 343. The van der Waals surface area contributed by atoms with E-state index in [1.807, 2.05) is 13.8 Å². The summed E-state index contributed by atoms with van der Waals surface area (Å²) in [6, 6.07) is -0.657. The van der Waals surface area contributed by atoms with Crippen LogP contribution in [0, 0.1) is 11.3 Å². The van der Waals surface area contributed by atoms with Crippen LogP contribution < -0.4 is 11.1 Å². The summed E-state index contributed by atoms with van der Waals surface area (Å²) < 4.78 is 5.61. The fraction of sp³-hybridized carbons (Fsp3) is 0.917. The molecule has 6 heteroatoms. The van der Waals surface area contributed by atoms with E-state index in [2.05, 4.69) is 5.32 Å². The maximum absolute atomic E-state index is 12.3. The number of rotatable bonds is 4. The predicted octanol–water partition coefficient (Wildman–Crippen LogP) is -1.40. The first-order valence-corrected chi connectivity index (χ1v) is 6.32. The van der Waals surface area contributed by atoms with Crippen molar-refractivity contribution in [2.75, 3.05) is 19.8 Å². The van der Waals surface area contributed by atoms with E-state index in [1.165, 1.54) is 0 Å². The molecule has 3 atom stereocenters. The van der Waals surface area contributed by atoms with Crippen molar-refractivity contribution in [3.8, 4) is 0 Å². The molecule has 2 rings (SSSR count). The van der Waals surface area contributed by atoms with Gasteiger partial charge in [-0.25, -0.2) is 0 Å². The van der Waals surface area contributed by atoms with E-state index in [4.69, 9.17) is 20.7 Å². The van der Waals surface area contributed by atoms with Gasteiger partial charge in [-0.05, 0) is 6.42 Å². The number of carbonyl (C=O) groups excluding carboxylic acids is 1. The lowest BCUT2D eigenvalue weighted by molar-refractivity contribution is -0.176. The van der Waals surface area contributed by atoms with Crippen LogP contribution in [0.4, 0.5) is 0 Å². The minimum atomic E-state index is -0.989. The van der Waals surface area contributed by atoms with Crippen molar-refractivity contribution in [3.63, 3.8) is 0 Å². The summed E-state index contributed by atoms with van der Waals surface area (Å²) in [4.78, 5) is 12.3. The molecule has 1 saturated carbocycles. The Balaban J connectivity index is 2.13. The van der Waals surface area contributed by atoms with E-state index >= 15 is 0 Å². The molecule has 5 N–H and O–H groups in total. The Morgan fingerprint density at radius 1 is 1.50 bits per heavy atom. The van der Waals surface area contributed by atoms with E-state index in [9.17, 15) is 4.79 Å². The number of aliphatic hydroxyl groups is 2. The fourth-order valence-corrected chi connectivity index (χ4v) is 3.30. The Labute approximate surface area is 106 Å². The highest BCUT2D eigenvalue weighted by molar-refractivity contribution is 5.89. The molecule has 2 fully saturated rings. The minimum Gasteiger partial charge on any atom is -0.394 e. The quantitative estimate of drug-likeness (QED) is 0.496. The standard InChI is InChI=1S/C12H22N2O4/c1-11(2)9-8(3-4-18-9)12(11,13)10(17)14-7(5-15)6-16/h7-9,15-16H,3-6,13H2,1-2H3,(H,14,17). The number of aliphatic hydroxyl groups excluding tert-OH is 2. The van der Waals surface area contributed by atoms with Gasteiger partial charge in [-0.2, -0.15) is 0 Å². The maximum atomic E-state index is 12.3. The Hall–Kier alpha value is -0.690. The minimum absolute atomic E-state index is 0.0190. The van der Waals surface area contributed by atoms with Gasteiger partial charge in [0.1, 0.15) is 5.54 Å². The molecule has 3 unspecified atom stereocenters. The summed E-state index contributed by atoms with van der Waals surface area (Å²) in [5.74, 6) is -0.294. The molecule has 1 aliphatic carbocycles. The maximum Gasteiger partial charge on any atom is 0.241 e. The third-order valence-corrected chi connectivity index (χ3v) is 4.61. The van der Waals surface area contributed by atoms with Gasteiger partial charge in [0.05, 0.1) is 25.4 Å². The number of nitrogens with two attached hydrogens (primary N) is 1. The van der Waals surface area contributed by atoms with Crippen LogP contribution in [-0.2, 0) is 9.53 Å². The highest BCUT2D eigenvalue weighted by Crippen LogP contribution is 2.58. The van der Waals surface area contributed by atoms with Crippen LogP contribution in [0.1, 0.15) is 20.3 Å². The second-order valence-corrected chi connectivity index (χ2v) is 5.81. The Morgan fingerprint density at radius 3 is 2.67 bits per heavy atom. The van der Waals surface area contributed by atoms with Crippen LogP contribution in [-0.4, -0.2) is 53.6 Å². The summed E-state index contributed by atoms with van der Waals surface area (Å²) in [6.07, 6.45) is 0.802. The van der Waals surface area contributed by atoms with Crippen molar-refractivity contribution in [3.05, 3.63) is 0 Å². The molecule has 1 aliphatic heterocycles. The van der Waals surface area contributed by atoms with Gasteiger partial charge in [0, 0.05) is 17.9 Å². The van der Waals surface area contributed by atoms with Gasteiger partial charge >= 0.3 is 0 Å². The molecule has 0 aromatic heterocycles. The number of carbonyl (C=O) groups is 1. The fourth-order valence-electron chi connectivity index (χ4n) is 3.30. The summed E-state index contributed by atoms with van der Waals surface area (Å²) in [5.41, 5.74) is 4.89. The zero-order chi connectivity index (χ0) is 13.6. The average molecular weight is 258 g/mol. The van der Waals surface area contributed by atoms with Gasteiger partial charge in [0.25, 0.3) is 0 Å². The number of hydrogen-bond donors (Lipinski definition) is 4.